The molecule has 0 unspecified atom stereocenters. The normalized spacial score (nSPS) is 13.4. The first-order valence-corrected chi connectivity index (χ1v) is 16.8. The molecule has 1 saturated heterocycles. The Hall–Kier alpha value is -4.82. The van der Waals surface area contributed by atoms with Gasteiger partial charge in [0.2, 0.25) is 0 Å². The van der Waals surface area contributed by atoms with Crippen molar-refractivity contribution in [1.82, 2.24) is 19.7 Å². The number of aromatic nitrogens is 3. The van der Waals surface area contributed by atoms with E-state index in [1.807, 2.05) is 56.3 Å². The SMILES string of the molecule is CS(=O)(=O)O.Cc1ccc(-n2nc(C(C)(C)C)cc2NC(=O)Nc2ccc(N3CCN(C(=O)c4ccccc4F)CC3)nc2C)cc1. The number of rotatable bonds is 5. The number of nitrogens with one attached hydrogen (secondary N) is 2. The minimum atomic E-state index is -3.67. The molecule has 2 aromatic carbocycles. The van der Waals surface area contributed by atoms with Gasteiger partial charge < -0.3 is 15.1 Å². The van der Waals surface area contributed by atoms with Gasteiger partial charge in [-0.1, -0.05) is 50.6 Å². The second-order valence-electron chi connectivity index (χ2n) is 12.3. The van der Waals surface area contributed by atoms with Crippen LogP contribution in [0.2, 0.25) is 0 Å². The highest BCUT2D eigenvalue weighted by molar-refractivity contribution is 7.85. The first-order valence-electron chi connectivity index (χ1n) is 14.9. The molecule has 2 aromatic heterocycles. The molecule has 12 nitrogen and oxygen atoms in total. The molecule has 1 fully saturated rings. The van der Waals surface area contributed by atoms with Crippen LogP contribution < -0.4 is 15.5 Å². The van der Waals surface area contributed by atoms with Crippen molar-refractivity contribution in [2.45, 2.75) is 40.0 Å². The van der Waals surface area contributed by atoms with Crippen LogP contribution in [0.3, 0.4) is 0 Å². The van der Waals surface area contributed by atoms with Crippen molar-refractivity contribution in [2.24, 2.45) is 0 Å². The summed E-state index contributed by atoms with van der Waals surface area (Å²) in [5.41, 5.74) is 3.98. The zero-order valence-corrected chi connectivity index (χ0v) is 28.1. The number of aryl methyl sites for hydroxylation is 2. The summed E-state index contributed by atoms with van der Waals surface area (Å²) in [5, 5.41) is 10.6. The number of piperazine rings is 1. The Bertz CT molecular complexity index is 1840. The van der Waals surface area contributed by atoms with Gasteiger partial charge >= 0.3 is 6.03 Å². The molecular formula is C33H40FN7O5S. The summed E-state index contributed by atoms with van der Waals surface area (Å²) < 4.78 is 41.7. The van der Waals surface area contributed by atoms with E-state index in [2.05, 4.69) is 36.3 Å². The molecule has 47 heavy (non-hydrogen) atoms. The summed E-state index contributed by atoms with van der Waals surface area (Å²) in [5.74, 6) is 0.499. The van der Waals surface area contributed by atoms with Crippen LogP contribution in [0.25, 0.3) is 5.69 Å². The molecule has 1 aliphatic heterocycles. The minimum Gasteiger partial charge on any atom is -0.353 e. The Kier molecular flexibility index (Phi) is 10.7. The number of nitrogens with zero attached hydrogens (tertiary/aromatic N) is 5. The summed E-state index contributed by atoms with van der Waals surface area (Å²) in [4.78, 5) is 34.3. The van der Waals surface area contributed by atoms with Gasteiger partial charge in [0.25, 0.3) is 16.0 Å². The zero-order chi connectivity index (χ0) is 34.5. The van der Waals surface area contributed by atoms with Gasteiger partial charge in [-0.05, 0) is 50.2 Å². The van der Waals surface area contributed by atoms with Crippen LogP contribution in [0.5, 0.6) is 0 Å². The Morgan fingerprint density at radius 2 is 1.53 bits per heavy atom. The van der Waals surface area contributed by atoms with Gasteiger partial charge in [-0.25, -0.2) is 18.9 Å². The maximum Gasteiger partial charge on any atom is 0.324 e. The summed E-state index contributed by atoms with van der Waals surface area (Å²) >= 11 is 0. The van der Waals surface area contributed by atoms with Crippen molar-refractivity contribution in [3.63, 3.8) is 0 Å². The Morgan fingerprint density at radius 1 is 0.915 bits per heavy atom. The van der Waals surface area contributed by atoms with Gasteiger partial charge in [0.05, 0.1) is 34.6 Å². The van der Waals surface area contributed by atoms with E-state index >= 15 is 0 Å². The number of hydrogen-bond donors (Lipinski definition) is 3. The van der Waals surface area contributed by atoms with Crippen LogP contribution in [0, 0.1) is 19.7 Å². The van der Waals surface area contributed by atoms with E-state index in [4.69, 9.17) is 14.6 Å². The fourth-order valence-corrected chi connectivity index (χ4v) is 4.79. The quantitative estimate of drug-likeness (QED) is 0.239. The summed E-state index contributed by atoms with van der Waals surface area (Å²) in [6, 6.07) is 19.2. The van der Waals surface area contributed by atoms with E-state index in [1.54, 1.807) is 21.7 Å². The van der Waals surface area contributed by atoms with Gasteiger partial charge in [0.15, 0.2) is 0 Å². The smallest absolute Gasteiger partial charge is 0.324 e. The highest BCUT2D eigenvalue weighted by atomic mass is 32.2. The highest BCUT2D eigenvalue weighted by Gasteiger charge is 2.25. The molecule has 3 N–H and O–H groups in total. The number of benzene rings is 2. The molecule has 0 bridgehead atoms. The van der Waals surface area contributed by atoms with E-state index in [0.717, 1.165) is 22.8 Å². The third-order valence-corrected chi connectivity index (χ3v) is 7.31. The van der Waals surface area contributed by atoms with Crippen molar-refractivity contribution in [2.75, 3.05) is 48.0 Å². The van der Waals surface area contributed by atoms with Gasteiger partial charge in [0.1, 0.15) is 17.5 Å². The number of carbonyl (C=O) groups excluding carboxylic acids is 2. The lowest BCUT2D eigenvalue weighted by molar-refractivity contribution is 0.0741. The molecule has 3 amide bonds. The topological polar surface area (TPSA) is 150 Å². The molecule has 250 valence electrons. The molecule has 0 radical (unpaired) electrons. The second kappa shape index (κ2) is 14.3. The number of carbonyl (C=O) groups is 2. The fourth-order valence-electron chi connectivity index (χ4n) is 4.79. The van der Waals surface area contributed by atoms with Gasteiger partial charge in [0, 0.05) is 37.7 Å². The highest BCUT2D eigenvalue weighted by Crippen LogP contribution is 2.27. The van der Waals surface area contributed by atoms with Crippen molar-refractivity contribution in [3.05, 3.63) is 95.1 Å². The molecule has 0 saturated carbocycles. The number of urea groups is 1. The molecule has 0 spiro atoms. The monoisotopic (exact) mass is 665 g/mol. The molecule has 0 atom stereocenters. The summed E-state index contributed by atoms with van der Waals surface area (Å²) in [6.07, 6.45) is 0.715. The van der Waals surface area contributed by atoms with Crippen LogP contribution in [0.4, 0.5) is 26.5 Å². The molecule has 5 rings (SSSR count). The lowest BCUT2D eigenvalue weighted by Crippen LogP contribution is -2.49. The zero-order valence-electron chi connectivity index (χ0n) is 27.3. The van der Waals surface area contributed by atoms with Crippen molar-refractivity contribution in [1.29, 1.82) is 0 Å². The first kappa shape index (κ1) is 35.0. The second-order valence-corrected chi connectivity index (χ2v) is 13.8. The third kappa shape index (κ3) is 9.59. The average Bonchev–Trinajstić information content (AvgIpc) is 3.42. The van der Waals surface area contributed by atoms with E-state index in [0.29, 0.717) is 49.6 Å². The molecule has 0 aliphatic carbocycles. The largest absolute Gasteiger partial charge is 0.353 e. The Morgan fingerprint density at radius 3 is 2.11 bits per heavy atom. The number of anilines is 3. The van der Waals surface area contributed by atoms with Gasteiger partial charge in [-0.2, -0.15) is 13.5 Å². The van der Waals surface area contributed by atoms with Crippen molar-refractivity contribution >= 4 is 39.4 Å². The van der Waals surface area contributed by atoms with Crippen LogP contribution in [0.15, 0.2) is 66.7 Å². The Labute approximate surface area is 274 Å². The molecule has 1 aliphatic rings. The standard InChI is InChI=1S/C32H36FN7O2.CH4O3S/c1-21-10-12-23(13-11-21)40-29(20-27(37-40)32(3,4)5)36-31(42)35-26-14-15-28(34-22(26)2)38-16-18-39(19-17-38)30(41)24-8-6-7-9-25(24)33;1-5(2,3)4/h6-15,20H,16-19H2,1-5H3,(H2,35,36,42);1H3,(H,2,3,4). The summed E-state index contributed by atoms with van der Waals surface area (Å²) in [7, 11) is -3.67. The fraction of sp³-hybridized carbons (Fsp3) is 0.333. The number of amides is 3. The molecule has 4 aromatic rings. The number of halogens is 1. The lowest BCUT2D eigenvalue weighted by Gasteiger charge is -2.35. The predicted octanol–water partition coefficient (Wildman–Crippen LogP) is 5.43. The van der Waals surface area contributed by atoms with E-state index in [1.165, 1.54) is 12.1 Å². The van der Waals surface area contributed by atoms with Gasteiger partial charge in [-0.3, -0.25) is 14.7 Å². The number of pyridine rings is 1. The van der Waals surface area contributed by atoms with Gasteiger partial charge in [-0.15, -0.1) is 0 Å². The maximum atomic E-state index is 14.1. The van der Waals surface area contributed by atoms with Crippen molar-refractivity contribution < 1.29 is 27.0 Å². The minimum absolute atomic E-state index is 0.0881. The molecule has 3 heterocycles. The maximum absolute atomic E-state index is 14.1. The predicted molar refractivity (Wildman–Crippen MR) is 181 cm³/mol. The van der Waals surface area contributed by atoms with Crippen LogP contribution in [0.1, 0.15) is 48.1 Å². The van der Waals surface area contributed by atoms with Crippen LogP contribution in [-0.2, 0) is 15.5 Å². The van der Waals surface area contributed by atoms with Crippen molar-refractivity contribution in [3.8, 4) is 5.69 Å². The van der Waals surface area contributed by atoms with Crippen LogP contribution >= 0.6 is 0 Å². The first-order chi connectivity index (χ1) is 22.0. The Balaban J connectivity index is 0.000000930. The summed E-state index contributed by atoms with van der Waals surface area (Å²) in [6.45, 7) is 12.2. The molecular weight excluding hydrogens is 625 g/mol. The van der Waals surface area contributed by atoms with E-state index in [-0.39, 0.29) is 16.9 Å². The third-order valence-electron chi connectivity index (χ3n) is 7.31. The van der Waals surface area contributed by atoms with E-state index < -0.39 is 22.0 Å². The molecule has 14 heteroatoms. The number of hydrogen-bond acceptors (Lipinski definition) is 7. The average molecular weight is 666 g/mol. The van der Waals surface area contributed by atoms with Crippen LogP contribution in [-0.4, -0.2) is 77.0 Å². The van der Waals surface area contributed by atoms with E-state index in [9.17, 15) is 22.4 Å². The lowest BCUT2D eigenvalue weighted by atomic mass is 9.92.